The van der Waals surface area contributed by atoms with Gasteiger partial charge in [-0.05, 0) is 24.6 Å². The first-order valence-electron chi connectivity index (χ1n) is 6.50. The number of rotatable bonds is 4. The van der Waals surface area contributed by atoms with Crippen LogP contribution < -0.4 is 16.0 Å². The Bertz CT molecular complexity index is 468. The van der Waals surface area contributed by atoms with Crippen molar-refractivity contribution in [2.75, 3.05) is 25.5 Å². The highest BCUT2D eigenvalue weighted by atomic mass is 16.2. The van der Waals surface area contributed by atoms with Crippen LogP contribution in [0.5, 0.6) is 0 Å². The monoisotopic (exact) mass is 261 g/mol. The average molecular weight is 261 g/mol. The maximum atomic E-state index is 12.1. The van der Waals surface area contributed by atoms with Crippen molar-refractivity contribution in [3.8, 4) is 0 Å². The molecule has 1 atom stereocenters. The molecule has 5 heteroatoms. The van der Waals surface area contributed by atoms with Gasteiger partial charge >= 0.3 is 0 Å². The van der Waals surface area contributed by atoms with Crippen LogP contribution in [0.15, 0.2) is 24.3 Å². The van der Waals surface area contributed by atoms with E-state index < -0.39 is 0 Å². The Morgan fingerprint density at radius 1 is 1.37 bits per heavy atom. The van der Waals surface area contributed by atoms with Crippen LogP contribution in [0.2, 0.25) is 0 Å². The number of anilines is 1. The van der Waals surface area contributed by atoms with Gasteiger partial charge in [0.1, 0.15) is 0 Å². The van der Waals surface area contributed by atoms with Gasteiger partial charge in [-0.15, -0.1) is 0 Å². The Kier molecular flexibility index (Phi) is 4.52. The third-order valence-electron chi connectivity index (χ3n) is 3.34. The lowest BCUT2D eigenvalue weighted by Crippen LogP contribution is -2.26. The molecular formula is C14H19N3O2. The average Bonchev–Trinajstić information content (AvgIpc) is 2.95. The highest BCUT2D eigenvalue weighted by molar-refractivity contribution is 5.94. The lowest BCUT2D eigenvalue weighted by atomic mass is 10.1. The van der Waals surface area contributed by atoms with Gasteiger partial charge in [0.2, 0.25) is 11.8 Å². The lowest BCUT2D eigenvalue weighted by molar-refractivity contribution is -0.120. The zero-order valence-corrected chi connectivity index (χ0v) is 11.0. The molecule has 5 nitrogen and oxygen atoms in total. The summed E-state index contributed by atoms with van der Waals surface area (Å²) in [6.45, 7) is 1.61. The van der Waals surface area contributed by atoms with Gasteiger partial charge in [0.25, 0.3) is 0 Å². The third kappa shape index (κ3) is 3.54. The Labute approximate surface area is 112 Å². The molecule has 0 bridgehead atoms. The van der Waals surface area contributed by atoms with Crippen molar-refractivity contribution in [1.82, 2.24) is 10.6 Å². The van der Waals surface area contributed by atoms with E-state index in [9.17, 15) is 9.59 Å². The van der Waals surface area contributed by atoms with Crippen LogP contribution in [0.1, 0.15) is 12.0 Å². The number of hydrogen-bond acceptors (Lipinski definition) is 3. The van der Waals surface area contributed by atoms with E-state index in [0.29, 0.717) is 0 Å². The maximum absolute atomic E-state index is 12.1. The van der Waals surface area contributed by atoms with E-state index in [1.807, 2.05) is 24.3 Å². The number of carbonyl (C=O) groups excluding carboxylic acids is 2. The van der Waals surface area contributed by atoms with Crippen LogP contribution in [0.25, 0.3) is 0 Å². The minimum Gasteiger partial charge on any atom is -0.359 e. The number of benzene rings is 1. The Morgan fingerprint density at radius 2 is 2.16 bits per heavy atom. The highest BCUT2D eigenvalue weighted by Crippen LogP contribution is 2.18. The summed E-state index contributed by atoms with van der Waals surface area (Å²) in [5, 5.41) is 8.68. The molecule has 19 heavy (non-hydrogen) atoms. The summed E-state index contributed by atoms with van der Waals surface area (Å²) in [6, 6.07) is 7.41. The molecule has 2 amide bonds. The predicted octanol–water partition coefficient (Wildman–Crippen LogP) is 0.523. The second-order valence-corrected chi connectivity index (χ2v) is 4.69. The quantitative estimate of drug-likeness (QED) is 0.740. The molecule has 0 radical (unpaired) electrons. The SMILES string of the molecule is CNC(=O)Cc1ccccc1NC(=O)C1CCNC1. The predicted molar refractivity (Wildman–Crippen MR) is 73.8 cm³/mol. The standard InChI is InChI=1S/C14H19N3O2/c1-15-13(18)8-10-4-2-3-5-12(10)17-14(19)11-6-7-16-9-11/h2-5,11,16H,6-9H2,1H3,(H,15,18)(H,17,19). The first-order chi connectivity index (χ1) is 9.20. The summed E-state index contributed by atoms with van der Waals surface area (Å²) < 4.78 is 0. The number of likely N-dealkylation sites (N-methyl/N-ethyl adjacent to an activating group) is 1. The molecule has 2 rings (SSSR count). The van der Waals surface area contributed by atoms with Gasteiger partial charge in [-0.25, -0.2) is 0 Å². The third-order valence-corrected chi connectivity index (χ3v) is 3.34. The fourth-order valence-electron chi connectivity index (χ4n) is 2.17. The highest BCUT2D eigenvalue weighted by Gasteiger charge is 2.22. The summed E-state index contributed by atoms with van der Waals surface area (Å²) in [4.78, 5) is 23.5. The van der Waals surface area contributed by atoms with Crippen LogP contribution in [-0.2, 0) is 16.0 Å². The molecule has 1 heterocycles. The molecule has 1 aromatic rings. The number of carbonyl (C=O) groups is 2. The molecule has 0 aliphatic carbocycles. The minimum atomic E-state index is -0.0655. The lowest BCUT2D eigenvalue weighted by Gasteiger charge is -2.13. The molecule has 0 saturated carbocycles. The van der Waals surface area contributed by atoms with E-state index in [1.165, 1.54) is 0 Å². The van der Waals surface area contributed by atoms with Gasteiger partial charge in [-0.3, -0.25) is 9.59 Å². The second kappa shape index (κ2) is 6.33. The topological polar surface area (TPSA) is 70.2 Å². The van der Waals surface area contributed by atoms with Crippen molar-refractivity contribution >= 4 is 17.5 Å². The number of para-hydroxylation sites is 1. The van der Waals surface area contributed by atoms with Crippen molar-refractivity contribution in [2.24, 2.45) is 5.92 Å². The molecule has 1 unspecified atom stereocenters. The van der Waals surface area contributed by atoms with Crippen LogP contribution in [0.4, 0.5) is 5.69 Å². The fourth-order valence-corrected chi connectivity index (χ4v) is 2.17. The molecule has 1 aromatic carbocycles. The van der Waals surface area contributed by atoms with E-state index in [1.54, 1.807) is 7.05 Å². The smallest absolute Gasteiger partial charge is 0.228 e. The van der Waals surface area contributed by atoms with Gasteiger partial charge in [0, 0.05) is 19.3 Å². The van der Waals surface area contributed by atoms with Gasteiger partial charge in [0.05, 0.1) is 12.3 Å². The Morgan fingerprint density at radius 3 is 2.84 bits per heavy atom. The van der Waals surface area contributed by atoms with Crippen molar-refractivity contribution in [1.29, 1.82) is 0 Å². The molecular weight excluding hydrogens is 242 g/mol. The van der Waals surface area contributed by atoms with E-state index in [4.69, 9.17) is 0 Å². The summed E-state index contributed by atoms with van der Waals surface area (Å²) >= 11 is 0. The first-order valence-corrected chi connectivity index (χ1v) is 6.50. The van der Waals surface area contributed by atoms with E-state index in [-0.39, 0.29) is 24.2 Å². The summed E-state index contributed by atoms with van der Waals surface area (Å²) in [6.07, 6.45) is 1.14. The largest absolute Gasteiger partial charge is 0.359 e. The van der Waals surface area contributed by atoms with Gasteiger partial charge in [-0.2, -0.15) is 0 Å². The van der Waals surface area contributed by atoms with E-state index >= 15 is 0 Å². The molecule has 0 aromatic heterocycles. The fraction of sp³-hybridized carbons (Fsp3) is 0.429. The van der Waals surface area contributed by atoms with Crippen LogP contribution in [0.3, 0.4) is 0 Å². The molecule has 1 aliphatic rings. The molecule has 1 fully saturated rings. The van der Waals surface area contributed by atoms with E-state index in [2.05, 4.69) is 16.0 Å². The number of amides is 2. The summed E-state index contributed by atoms with van der Waals surface area (Å²) in [5.41, 5.74) is 1.56. The molecule has 1 saturated heterocycles. The van der Waals surface area contributed by atoms with Crippen molar-refractivity contribution < 1.29 is 9.59 Å². The zero-order chi connectivity index (χ0) is 13.7. The molecule has 1 aliphatic heterocycles. The molecule has 0 spiro atoms. The van der Waals surface area contributed by atoms with Gasteiger partial charge in [0.15, 0.2) is 0 Å². The van der Waals surface area contributed by atoms with Gasteiger partial charge < -0.3 is 16.0 Å². The normalized spacial score (nSPS) is 18.1. The molecule has 3 N–H and O–H groups in total. The zero-order valence-electron chi connectivity index (χ0n) is 11.0. The minimum absolute atomic E-state index is 0.0213. The summed E-state index contributed by atoms with van der Waals surface area (Å²) in [7, 11) is 1.60. The van der Waals surface area contributed by atoms with E-state index in [0.717, 1.165) is 30.8 Å². The maximum Gasteiger partial charge on any atom is 0.228 e. The van der Waals surface area contributed by atoms with Crippen molar-refractivity contribution in [3.05, 3.63) is 29.8 Å². The second-order valence-electron chi connectivity index (χ2n) is 4.69. The Hall–Kier alpha value is -1.88. The number of hydrogen-bond donors (Lipinski definition) is 3. The van der Waals surface area contributed by atoms with Crippen molar-refractivity contribution in [3.63, 3.8) is 0 Å². The van der Waals surface area contributed by atoms with Crippen LogP contribution in [-0.4, -0.2) is 32.0 Å². The van der Waals surface area contributed by atoms with Crippen LogP contribution in [0, 0.1) is 5.92 Å². The molecule has 102 valence electrons. The van der Waals surface area contributed by atoms with Crippen molar-refractivity contribution in [2.45, 2.75) is 12.8 Å². The number of nitrogens with one attached hydrogen (secondary N) is 3. The first kappa shape index (κ1) is 13.5. The Balaban J connectivity index is 2.06. The summed E-state index contributed by atoms with van der Waals surface area (Å²) in [5.74, 6) is -0.0216. The van der Waals surface area contributed by atoms with Gasteiger partial charge in [-0.1, -0.05) is 18.2 Å². The van der Waals surface area contributed by atoms with Crippen LogP contribution >= 0.6 is 0 Å².